The lowest BCUT2D eigenvalue weighted by Crippen LogP contribution is -2.51. The fraction of sp³-hybridized carbons (Fsp3) is 0.882. The molecular weight excluding hydrogens is 314 g/mol. The van der Waals surface area contributed by atoms with Gasteiger partial charge in [-0.25, -0.2) is 0 Å². The van der Waals surface area contributed by atoms with Crippen LogP contribution in [0, 0.1) is 11.8 Å². The minimum atomic E-state index is -0.0960. The molecule has 2 amide bonds. The lowest BCUT2D eigenvalue weighted by molar-refractivity contribution is -0.127. The van der Waals surface area contributed by atoms with Crippen molar-refractivity contribution < 1.29 is 9.59 Å². The summed E-state index contributed by atoms with van der Waals surface area (Å²) >= 11 is 0. The normalized spacial score (nSPS) is 26.7. The van der Waals surface area contributed by atoms with E-state index in [0.717, 1.165) is 45.2 Å². The van der Waals surface area contributed by atoms with Gasteiger partial charge in [0.15, 0.2) is 0 Å². The zero-order valence-electron chi connectivity index (χ0n) is 14.4. The summed E-state index contributed by atoms with van der Waals surface area (Å²) in [5, 5.41) is 9.43. The molecule has 3 unspecified atom stereocenters. The number of amides is 2. The van der Waals surface area contributed by atoms with Gasteiger partial charge in [0.1, 0.15) is 0 Å². The van der Waals surface area contributed by atoms with E-state index in [4.69, 9.17) is 0 Å². The number of piperidine rings is 1. The second-order valence-electron chi connectivity index (χ2n) is 7.09. The molecule has 1 aliphatic carbocycles. The minimum absolute atomic E-state index is 0. The highest BCUT2D eigenvalue weighted by molar-refractivity contribution is 5.85. The first-order valence-corrected chi connectivity index (χ1v) is 8.86. The lowest BCUT2D eigenvalue weighted by atomic mass is 9.88. The Hall–Kier alpha value is -0.810. The van der Waals surface area contributed by atoms with Gasteiger partial charge < -0.3 is 16.0 Å². The van der Waals surface area contributed by atoms with Crippen LogP contribution < -0.4 is 16.0 Å². The van der Waals surface area contributed by atoms with E-state index in [1.807, 2.05) is 6.92 Å². The molecule has 3 N–H and O–H groups in total. The van der Waals surface area contributed by atoms with Crippen molar-refractivity contribution in [3.63, 3.8) is 0 Å². The van der Waals surface area contributed by atoms with Gasteiger partial charge in [-0.05, 0) is 38.6 Å². The molecular formula is C17H32ClN3O2. The highest BCUT2D eigenvalue weighted by Crippen LogP contribution is 2.23. The van der Waals surface area contributed by atoms with Gasteiger partial charge in [-0.2, -0.15) is 0 Å². The van der Waals surface area contributed by atoms with Gasteiger partial charge in [-0.1, -0.05) is 26.2 Å². The fourth-order valence-electron chi connectivity index (χ4n) is 3.50. The molecule has 0 aromatic carbocycles. The predicted molar refractivity (Wildman–Crippen MR) is 94.6 cm³/mol. The quantitative estimate of drug-likeness (QED) is 0.713. The van der Waals surface area contributed by atoms with E-state index in [0.29, 0.717) is 12.3 Å². The number of carbonyl (C=O) groups excluding carboxylic acids is 2. The number of hydrogen-bond donors (Lipinski definition) is 3. The lowest BCUT2D eigenvalue weighted by Gasteiger charge is -2.30. The van der Waals surface area contributed by atoms with E-state index in [9.17, 15) is 9.59 Å². The molecule has 0 spiro atoms. The van der Waals surface area contributed by atoms with E-state index < -0.39 is 0 Å². The second kappa shape index (κ2) is 10.1. The number of carbonyl (C=O) groups is 2. The van der Waals surface area contributed by atoms with Crippen LogP contribution in [-0.4, -0.2) is 37.0 Å². The monoisotopic (exact) mass is 345 g/mol. The summed E-state index contributed by atoms with van der Waals surface area (Å²) in [4.78, 5) is 24.3. The van der Waals surface area contributed by atoms with Crippen molar-refractivity contribution in [3.8, 4) is 0 Å². The average molecular weight is 346 g/mol. The molecule has 0 radical (unpaired) electrons. The van der Waals surface area contributed by atoms with E-state index in [1.165, 1.54) is 6.42 Å². The zero-order valence-corrected chi connectivity index (χ0v) is 15.2. The maximum absolute atomic E-state index is 12.2. The maximum Gasteiger partial charge on any atom is 0.223 e. The Labute approximate surface area is 146 Å². The summed E-state index contributed by atoms with van der Waals surface area (Å²) in [6.45, 7) is 5.97. The van der Waals surface area contributed by atoms with Crippen molar-refractivity contribution in [1.82, 2.24) is 16.0 Å². The van der Waals surface area contributed by atoms with E-state index in [1.54, 1.807) is 0 Å². The van der Waals surface area contributed by atoms with E-state index in [2.05, 4.69) is 22.9 Å². The summed E-state index contributed by atoms with van der Waals surface area (Å²) in [5.74, 6) is 0.837. The van der Waals surface area contributed by atoms with Crippen LogP contribution in [0.3, 0.4) is 0 Å². The molecule has 6 heteroatoms. The highest BCUT2D eigenvalue weighted by Gasteiger charge is 2.25. The Kier molecular flexibility index (Phi) is 8.92. The van der Waals surface area contributed by atoms with E-state index in [-0.39, 0.29) is 42.2 Å². The molecule has 5 nitrogen and oxygen atoms in total. The van der Waals surface area contributed by atoms with Crippen molar-refractivity contribution in [3.05, 3.63) is 0 Å². The Morgan fingerprint density at radius 2 is 1.87 bits per heavy atom. The van der Waals surface area contributed by atoms with Crippen LogP contribution in [0.2, 0.25) is 0 Å². The number of hydrogen-bond acceptors (Lipinski definition) is 3. The highest BCUT2D eigenvalue weighted by atomic mass is 35.5. The van der Waals surface area contributed by atoms with Gasteiger partial charge >= 0.3 is 0 Å². The number of nitrogens with one attached hydrogen (secondary N) is 3. The van der Waals surface area contributed by atoms with Crippen molar-refractivity contribution in [1.29, 1.82) is 0 Å². The molecule has 0 aromatic rings. The molecule has 1 saturated carbocycles. The standard InChI is InChI=1S/C17H31N3O2.ClH/c1-12-8-9-18-11-15(12)20-16(21)10-13(2)19-17(22)14-6-4-3-5-7-14;/h12-15,18H,3-11H2,1-2H3,(H,19,22)(H,20,21);1H. The Bertz CT molecular complexity index is 386. The predicted octanol–water partition coefficient (Wildman–Crippen LogP) is 2.00. The van der Waals surface area contributed by atoms with Crippen LogP contribution >= 0.6 is 12.4 Å². The molecule has 2 aliphatic rings. The van der Waals surface area contributed by atoms with Gasteiger partial charge in [-0.3, -0.25) is 9.59 Å². The van der Waals surface area contributed by atoms with Gasteiger partial charge in [0.25, 0.3) is 0 Å². The largest absolute Gasteiger partial charge is 0.353 e. The first-order chi connectivity index (χ1) is 10.6. The maximum atomic E-state index is 12.2. The van der Waals surface area contributed by atoms with Crippen LogP contribution in [0.4, 0.5) is 0 Å². The summed E-state index contributed by atoms with van der Waals surface area (Å²) < 4.78 is 0. The van der Waals surface area contributed by atoms with Crippen LogP contribution in [0.5, 0.6) is 0 Å². The minimum Gasteiger partial charge on any atom is -0.353 e. The topological polar surface area (TPSA) is 70.2 Å². The molecule has 1 aliphatic heterocycles. The molecule has 23 heavy (non-hydrogen) atoms. The first kappa shape index (κ1) is 20.2. The summed E-state index contributed by atoms with van der Waals surface area (Å²) in [5.41, 5.74) is 0. The molecule has 0 aromatic heterocycles. The summed E-state index contributed by atoms with van der Waals surface area (Å²) in [6.07, 6.45) is 7.00. The molecule has 1 heterocycles. The molecule has 3 atom stereocenters. The number of halogens is 1. The zero-order chi connectivity index (χ0) is 15.9. The van der Waals surface area contributed by atoms with Gasteiger partial charge in [-0.15, -0.1) is 12.4 Å². The third-order valence-electron chi connectivity index (χ3n) is 5.03. The second-order valence-corrected chi connectivity index (χ2v) is 7.09. The molecule has 1 saturated heterocycles. The van der Waals surface area contributed by atoms with Gasteiger partial charge in [0.2, 0.25) is 11.8 Å². The van der Waals surface area contributed by atoms with Crippen LogP contribution in [0.1, 0.15) is 58.8 Å². The molecule has 2 fully saturated rings. The van der Waals surface area contributed by atoms with Crippen LogP contribution in [-0.2, 0) is 9.59 Å². The van der Waals surface area contributed by atoms with Crippen molar-refractivity contribution in [2.45, 2.75) is 70.9 Å². The van der Waals surface area contributed by atoms with Crippen LogP contribution in [0.15, 0.2) is 0 Å². The smallest absolute Gasteiger partial charge is 0.223 e. The van der Waals surface area contributed by atoms with Crippen LogP contribution in [0.25, 0.3) is 0 Å². The Morgan fingerprint density at radius 1 is 1.17 bits per heavy atom. The van der Waals surface area contributed by atoms with Crippen molar-refractivity contribution in [2.75, 3.05) is 13.1 Å². The van der Waals surface area contributed by atoms with E-state index >= 15 is 0 Å². The van der Waals surface area contributed by atoms with Crippen molar-refractivity contribution >= 4 is 24.2 Å². The Morgan fingerprint density at radius 3 is 2.52 bits per heavy atom. The summed E-state index contributed by atoms with van der Waals surface area (Å²) in [7, 11) is 0. The van der Waals surface area contributed by atoms with Crippen molar-refractivity contribution in [2.24, 2.45) is 11.8 Å². The first-order valence-electron chi connectivity index (χ1n) is 8.86. The fourth-order valence-corrected chi connectivity index (χ4v) is 3.50. The average Bonchev–Trinajstić information content (AvgIpc) is 2.50. The number of rotatable bonds is 5. The van der Waals surface area contributed by atoms with Gasteiger partial charge in [0, 0.05) is 31.0 Å². The SMILES string of the molecule is CC(CC(=O)NC1CNCCC1C)NC(=O)C1CCCCC1.Cl. The molecule has 2 rings (SSSR count). The molecule has 134 valence electrons. The Balaban J connectivity index is 0.00000264. The summed E-state index contributed by atoms with van der Waals surface area (Å²) in [6, 6.07) is 0.115. The molecule has 0 bridgehead atoms. The third kappa shape index (κ3) is 6.68. The van der Waals surface area contributed by atoms with Gasteiger partial charge in [0.05, 0.1) is 0 Å². The third-order valence-corrected chi connectivity index (χ3v) is 5.03.